The van der Waals surface area contributed by atoms with E-state index in [0.29, 0.717) is 25.1 Å². The molecule has 0 heterocycles. The summed E-state index contributed by atoms with van der Waals surface area (Å²) >= 11 is 0. The highest BCUT2D eigenvalue weighted by atomic mass is 16.5. The van der Waals surface area contributed by atoms with Crippen LogP contribution in [0.5, 0.6) is 5.75 Å². The van der Waals surface area contributed by atoms with E-state index in [9.17, 15) is 14.4 Å². The number of rotatable bonds is 4. The SMILES string of the molecule is CCOc1ccc(NC(=O)C23CCC(C(=O)C2=O)C3(C)C)cc1. The summed E-state index contributed by atoms with van der Waals surface area (Å²) in [4.78, 5) is 37.4. The maximum absolute atomic E-state index is 12.9. The standard InChI is InChI=1S/C18H21NO4/c1-4-23-12-7-5-11(6-8-12)19-16(22)18-10-9-13(17(18,2)3)14(20)15(18)21/h5-8,13H,4,9-10H2,1-3H3,(H,19,22). The van der Waals surface area contributed by atoms with E-state index >= 15 is 0 Å². The lowest BCUT2D eigenvalue weighted by molar-refractivity contribution is -0.147. The van der Waals surface area contributed by atoms with E-state index in [1.54, 1.807) is 24.3 Å². The van der Waals surface area contributed by atoms with Gasteiger partial charge in [0.15, 0.2) is 0 Å². The summed E-state index contributed by atoms with van der Waals surface area (Å²) < 4.78 is 5.37. The van der Waals surface area contributed by atoms with Crippen LogP contribution in [0.25, 0.3) is 0 Å². The van der Waals surface area contributed by atoms with Gasteiger partial charge >= 0.3 is 0 Å². The van der Waals surface area contributed by atoms with Gasteiger partial charge in [0, 0.05) is 11.6 Å². The fraction of sp³-hybridized carbons (Fsp3) is 0.500. The second-order valence-corrected chi connectivity index (χ2v) is 6.82. The van der Waals surface area contributed by atoms with Gasteiger partial charge in [-0.2, -0.15) is 0 Å². The van der Waals surface area contributed by atoms with E-state index in [0.717, 1.165) is 5.75 Å². The highest BCUT2D eigenvalue weighted by Gasteiger charge is 2.72. The van der Waals surface area contributed by atoms with E-state index in [2.05, 4.69) is 5.32 Å². The first-order valence-corrected chi connectivity index (χ1v) is 7.97. The molecule has 2 atom stereocenters. The molecule has 23 heavy (non-hydrogen) atoms. The number of amides is 1. The van der Waals surface area contributed by atoms with Gasteiger partial charge in [-0.3, -0.25) is 14.4 Å². The van der Waals surface area contributed by atoms with Crippen molar-refractivity contribution in [1.29, 1.82) is 0 Å². The summed E-state index contributed by atoms with van der Waals surface area (Å²) in [5.41, 5.74) is -1.26. The number of benzene rings is 1. The first-order valence-electron chi connectivity index (χ1n) is 7.97. The van der Waals surface area contributed by atoms with Gasteiger partial charge in [-0.05, 0) is 49.4 Å². The molecule has 0 aliphatic heterocycles. The Hall–Kier alpha value is -2.17. The lowest BCUT2D eigenvalue weighted by Crippen LogP contribution is -2.47. The summed E-state index contributed by atoms with van der Waals surface area (Å²) in [5, 5.41) is 2.81. The predicted molar refractivity (Wildman–Crippen MR) is 85.2 cm³/mol. The van der Waals surface area contributed by atoms with Crippen LogP contribution in [0.4, 0.5) is 5.69 Å². The Kier molecular flexibility index (Phi) is 3.54. The number of hydrogen-bond acceptors (Lipinski definition) is 4. The van der Waals surface area contributed by atoms with Crippen LogP contribution >= 0.6 is 0 Å². The molecule has 1 aromatic carbocycles. The number of carbonyl (C=O) groups is 3. The van der Waals surface area contributed by atoms with Crippen molar-refractivity contribution >= 4 is 23.2 Å². The van der Waals surface area contributed by atoms with Crippen LogP contribution in [-0.2, 0) is 14.4 Å². The minimum absolute atomic E-state index is 0.332. The average molecular weight is 315 g/mol. The van der Waals surface area contributed by atoms with Crippen molar-refractivity contribution in [2.75, 3.05) is 11.9 Å². The third-order valence-corrected chi connectivity index (χ3v) is 5.52. The third-order valence-electron chi connectivity index (χ3n) is 5.52. The Labute approximate surface area is 135 Å². The van der Waals surface area contributed by atoms with Crippen molar-refractivity contribution < 1.29 is 19.1 Å². The maximum atomic E-state index is 12.9. The predicted octanol–water partition coefficient (Wildman–Crippen LogP) is 2.60. The number of ether oxygens (including phenoxy) is 1. The van der Waals surface area contributed by atoms with Crippen LogP contribution in [0.3, 0.4) is 0 Å². The molecule has 2 unspecified atom stereocenters. The Morgan fingerprint density at radius 3 is 2.43 bits per heavy atom. The quantitative estimate of drug-likeness (QED) is 0.685. The van der Waals surface area contributed by atoms with Crippen molar-refractivity contribution in [2.24, 2.45) is 16.7 Å². The molecule has 0 radical (unpaired) electrons. The summed E-state index contributed by atoms with van der Waals surface area (Å²) in [6.45, 7) is 6.17. The minimum Gasteiger partial charge on any atom is -0.494 e. The highest BCUT2D eigenvalue weighted by Crippen LogP contribution is 2.62. The molecule has 2 bridgehead atoms. The number of Topliss-reactive ketones (excluding diaryl/α,β-unsaturated/α-hetero) is 2. The zero-order chi connectivity index (χ0) is 16.8. The van der Waals surface area contributed by atoms with E-state index in [1.807, 2.05) is 20.8 Å². The van der Waals surface area contributed by atoms with Crippen molar-refractivity contribution in [3.63, 3.8) is 0 Å². The van der Waals surface area contributed by atoms with E-state index in [-0.39, 0.29) is 17.6 Å². The van der Waals surface area contributed by atoms with E-state index in [1.165, 1.54) is 0 Å². The maximum Gasteiger partial charge on any atom is 0.239 e. The van der Waals surface area contributed by atoms with Gasteiger partial charge in [0.2, 0.25) is 17.5 Å². The van der Waals surface area contributed by atoms with Gasteiger partial charge < -0.3 is 10.1 Å². The Bertz CT molecular complexity index is 677. The van der Waals surface area contributed by atoms with Crippen molar-refractivity contribution in [3.05, 3.63) is 24.3 Å². The lowest BCUT2D eigenvalue weighted by Gasteiger charge is -2.33. The zero-order valence-electron chi connectivity index (χ0n) is 13.6. The van der Waals surface area contributed by atoms with Crippen molar-refractivity contribution in [3.8, 4) is 5.75 Å². The second-order valence-electron chi connectivity index (χ2n) is 6.82. The molecule has 5 heteroatoms. The van der Waals surface area contributed by atoms with Crippen molar-refractivity contribution in [2.45, 2.75) is 33.6 Å². The fourth-order valence-electron chi connectivity index (χ4n) is 4.12. The van der Waals surface area contributed by atoms with E-state index in [4.69, 9.17) is 4.74 Å². The second kappa shape index (κ2) is 5.18. The molecular formula is C18H21NO4. The molecule has 1 aromatic rings. The van der Waals surface area contributed by atoms with Crippen LogP contribution in [0.1, 0.15) is 33.6 Å². The monoisotopic (exact) mass is 315 g/mol. The average Bonchev–Trinajstić information content (AvgIpc) is 2.86. The van der Waals surface area contributed by atoms with Gasteiger partial charge in [-0.1, -0.05) is 13.8 Å². The number of carbonyl (C=O) groups excluding carboxylic acids is 3. The summed E-state index contributed by atoms with van der Waals surface area (Å²) in [7, 11) is 0. The third kappa shape index (κ3) is 2.02. The van der Waals surface area contributed by atoms with Gasteiger partial charge in [0.25, 0.3) is 0 Å². The van der Waals surface area contributed by atoms with Crippen LogP contribution in [0, 0.1) is 16.7 Å². The smallest absolute Gasteiger partial charge is 0.239 e. The first kappa shape index (κ1) is 15.7. The van der Waals surface area contributed by atoms with Crippen LogP contribution in [-0.4, -0.2) is 24.1 Å². The topological polar surface area (TPSA) is 72.5 Å². The minimum atomic E-state index is -1.23. The van der Waals surface area contributed by atoms with Gasteiger partial charge in [0.05, 0.1) is 6.61 Å². The fourth-order valence-corrected chi connectivity index (χ4v) is 4.12. The summed E-state index contributed by atoms with van der Waals surface area (Å²) in [5.74, 6) is -0.895. The Morgan fingerprint density at radius 2 is 1.91 bits per heavy atom. The van der Waals surface area contributed by atoms with Gasteiger partial charge in [-0.15, -0.1) is 0 Å². The highest BCUT2D eigenvalue weighted by molar-refractivity contribution is 6.48. The largest absolute Gasteiger partial charge is 0.494 e. The molecule has 2 saturated carbocycles. The molecule has 122 valence electrons. The van der Waals surface area contributed by atoms with Gasteiger partial charge in [0.1, 0.15) is 11.2 Å². The number of nitrogens with one attached hydrogen (secondary N) is 1. The summed E-state index contributed by atoms with van der Waals surface area (Å²) in [6, 6.07) is 7.00. The van der Waals surface area contributed by atoms with Crippen LogP contribution in [0.15, 0.2) is 24.3 Å². The van der Waals surface area contributed by atoms with Crippen LogP contribution < -0.4 is 10.1 Å². The Morgan fingerprint density at radius 1 is 1.26 bits per heavy atom. The number of hydrogen-bond donors (Lipinski definition) is 1. The number of fused-ring (bicyclic) bond motifs is 2. The molecule has 5 nitrogen and oxygen atoms in total. The molecule has 1 N–H and O–H groups in total. The number of anilines is 1. The number of ketones is 2. The first-order chi connectivity index (χ1) is 10.8. The molecule has 2 aliphatic carbocycles. The molecule has 1 amide bonds. The molecule has 2 aliphatic rings. The molecule has 0 saturated heterocycles. The normalized spacial score (nSPS) is 28.0. The molecule has 0 spiro atoms. The van der Waals surface area contributed by atoms with Gasteiger partial charge in [-0.25, -0.2) is 0 Å². The molecule has 0 aromatic heterocycles. The summed E-state index contributed by atoms with van der Waals surface area (Å²) in [6.07, 6.45) is 1.05. The Balaban J connectivity index is 1.85. The molecule has 3 rings (SSSR count). The van der Waals surface area contributed by atoms with E-state index < -0.39 is 16.6 Å². The van der Waals surface area contributed by atoms with Crippen molar-refractivity contribution in [1.82, 2.24) is 0 Å². The van der Waals surface area contributed by atoms with Crippen LogP contribution in [0.2, 0.25) is 0 Å². The lowest BCUT2D eigenvalue weighted by atomic mass is 9.68. The molecular weight excluding hydrogens is 294 g/mol. The zero-order valence-corrected chi connectivity index (χ0v) is 13.6. The molecule has 2 fully saturated rings.